The van der Waals surface area contributed by atoms with Gasteiger partial charge in [-0.2, -0.15) is 0 Å². The zero-order valence-electron chi connectivity index (χ0n) is 17.3. The van der Waals surface area contributed by atoms with Gasteiger partial charge < -0.3 is 15.0 Å². The number of pyridine rings is 2. The van der Waals surface area contributed by atoms with Crippen molar-refractivity contribution in [3.8, 4) is 11.1 Å². The summed E-state index contributed by atoms with van der Waals surface area (Å²) >= 11 is 0. The van der Waals surface area contributed by atoms with Gasteiger partial charge in [0.15, 0.2) is 5.82 Å². The Bertz CT molecular complexity index is 1180. The summed E-state index contributed by atoms with van der Waals surface area (Å²) in [6, 6.07) is 3.49. The quantitative estimate of drug-likeness (QED) is 0.650. The molecule has 8 nitrogen and oxygen atoms in total. The van der Waals surface area contributed by atoms with E-state index >= 15 is 0 Å². The molecule has 156 valence electrons. The molecule has 1 atom stereocenters. The fourth-order valence-electron chi connectivity index (χ4n) is 3.51. The van der Waals surface area contributed by atoms with E-state index in [4.69, 9.17) is 0 Å². The number of carbonyl (C=O) groups is 1. The Balaban J connectivity index is 1.72. The van der Waals surface area contributed by atoms with Crippen molar-refractivity contribution < 1.29 is 9.90 Å². The Kier molecular flexibility index (Phi) is 5.34. The fourth-order valence-corrected chi connectivity index (χ4v) is 3.51. The number of rotatable bonds is 6. The molecule has 1 aliphatic rings. The van der Waals surface area contributed by atoms with Crippen LogP contribution in [0.3, 0.4) is 0 Å². The first-order valence-electron chi connectivity index (χ1n) is 10.2. The van der Waals surface area contributed by atoms with E-state index in [1.165, 1.54) is 0 Å². The third kappa shape index (κ3) is 3.82. The summed E-state index contributed by atoms with van der Waals surface area (Å²) in [5.74, 6) is 0.862. The van der Waals surface area contributed by atoms with Crippen LogP contribution in [0, 0.1) is 12.8 Å². The number of hydrogen-bond acceptors (Lipinski definition) is 6. The lowest BCUT2D eigenvalue weighted by Gasteiger charge is -2.13. The number of fused-ring (bicyclic) bond motifs is 1. The van der Waals surface area contributed by atoms with Crippen molar-refractivity contribution in [2.45, 2.75) is 45.6 Å². The predicted molar refractivity (Wildman–Crippen MR) is 114 cm³/mol. The molecule has 0 saturated heterocycles. The molecule has 30 heavy (non-hydrogen) atoms. The van der Waals surface area contributed by atoms with Crippen LogP contribution in [0.2, 0.25) is 0 Å². The lowest BCUT2D eigenvalue weighted by molar-refractivity contribution is -0.117. The van der Waals surface area contributed by atoms with E-state index in [1.54, 1.807) is 43.1 Å². The number of aliphatic hydroxyl groups excluding tert-OH is 1. The van der Waals surface area contributed by atoms with Gasteiger partial charge in [-0.1, -0.05) is 13.3 Å². The van der Waals surface area contributed by atoms with Crippen LogP contribution >= 0.6 is 0 Å². The molecule has 0 aliphatic heterocycles. The Labute approximate surface area is 174 Å². The number of hydrogen-bond donors (Lipinski definition) is 2. The van der Waals surface area contributed by atoms with Crippen LogP contribution in [0.1, 0.15) is 50.2 Å². The summed E-state index contributed by atoms with van der Waals surface area (Å²) in [6.07, 6.45) is 5.77. The van der Waals surface area contributed by atoms with Gasteiger partial charge in [-0.05, 0) is 32.3 Å². The largest absolute Gasteiger partial charge is 0.385 e. The second-order valence-electron chi connectivity index (χ2n) is 7.85. The Morgan fingerprint density at radius 3 is 2.70 bits per heavy atom. The molecule has 1 saturated carbocycles. The maximum Gasteiger partial charge on any atom is 0.258 e. The molecular formula is C22H25N5O3. The fraction of sp³-hybridized carbons (Fsp3) is 0.409. The van der Waals surface area contributed by atoms with Crippen molar-refractivity contribution in [3.63, 3.8) is 0 Å². The first kappa shape index (κ1) is 20.2. The molecule has 1 amide bonds. The molecule has 3 aromatic heterocycles. The molecule has 0 spiro atoms. The van der Waals surface area contributed by atoms with E-state index in [0.29, 0.717) is 40.4 Å². The van der Waals surface area contributed by atoms with Crippen molar-refractivity contribution in [2.75, 3.05) is 5.32 Å². The van der Waals surface area contributed by atoms with Gasteiger partial charge in [-0.3, -0.25) is 9.59 Å². The molecule has 1 aliphatic carbocycles. The lowest BCUT2D eigenvalue weighted by atomic mass is 10.1. The van der Waals surface area contributed by atoms with Gasteiger partial charge in [0.1, 0.15) is 11.9 Å². The van der Waals surface area contributed by atoms with E-state index in [9.17, 15) is 14.7 Å². The molecule has 2 N–H and O–H groups in total. The highest BCUT2D eigenvalue weighted by molar-refractivity contribution is 5.95. The second kappa shape index (κ2) is 7.95. The van der Waals surface area contributed by atoms with Crippen LogP contribution in [-0.4, -0.2) is 30.5 Å². The highest BCUT2D eigenvalue weighted by atomic mass is 16.3. The van der Waals surface area contributed by atoms with Crippen molar-refractivity contribution in [2.24, 2.45) is 13.0 Å². The average molecular weight is 407 g/mol. The van der Waals surface area contributed by atoms with Crippen LogP contribution < -0.4 is 10.9 Å². The molecular weight excluding hydrogens is 382 g/mol. The predicted octanol–water partition coefficient (Wildman–Crippen LogP) is 2.88. The van der Waals surface area contributed by atoms with E-state index < -0.39 is 6.10 Å². The number of aliphatic hydroxyl groups is 1. The van der Waals surface area contributed by atoms with Crippen molar-refractivity contribution in [1.82, 2.24) is 19.5 Å². The standard InChI is InChI=1S/C22H25N5O3/c1-4-5-18(28)20-24-11-16(12(2)25-20)15-8-14-10-23-19(26-21(29)13-6-7-13)9-17(14)27(3)22(15)30/h8-11,13,18,28H,4-7H2,1-3H3,(H,23,26,29)/t18-/m1/s1. The van der Waals surface area contributed by atoms with E-state index in [2.05, 4.69) is 20.3 Å². The van der Waals surface area contributed by atoms with Gasteiger partial charge in [0, 0.05) is 48.1 Å². The summed E-state index contributed by atoms with van der Waals surface area (Å²) in [6.45, 7) is 3.79. The maximum atomic E-state index is 13.1. The van der Waals surface area contributed by atoms with Gasteiger partial charge in [0.2, 0.25) is 5.91 Å². The normalized spacial score (nSPS) is 14.7. The zero-order valence-corrected chi connectivity index (χ0v) is 17.3. The van der Waals surface area contributed by atoms with Crippen molar-refractivity contribution >= 4 is 22.6 Å². The smallest absolute Gasteiger partial charge is 0.258 e. The van der Waals surface area contributed by atoms with Gasteiger partial charge in [0.25, 0.3) is 5.56 Å². The molecule has 4 rings (SSSR count). The highest BCUT2D eigenvalue weighted by Gasteiger charge is 2.29. The number of anilines is 1. The maximum absolute atomic E-state index is 13.1. The number of carbonyl (C=O) groups excluding carboxylic acids is 1. The Morgan fingerprint density at radius 2 is 2.03 bits per heavy atom. The number of amides is 1. The monoisotopic (exact) mass is 407 g/mol. The molecule has 8 heteroatoms. The third-order valence-corrected chi connectivity index (χ3v) is 5.46. The minimum absolute atomic E-state index is 0.0263. The van der Waals surface area contributed by atoms with Crippen molar-refractivity contribution in [3.05, 3.63) is 46.4 Å². The first-order chi connectivity index (χ1) is 14.4. The van der Waals surface area contributed by atoms with Crippen LogP contribution in [-0.2, 0) is 11.8 Å². The SMILES string of the molecule is CCC[C@@H](O)c1ncc(-c2cc3cnc(NC(=O)C4CC4)cc3n(C)c2=O)c(C)n1. The van der Waals surface area contributed by atoms with Crippen LogP contribution in [0.4, 0.5) is 5.82 Å². The van der Waals surface area contributed by atoms with Gasteiger partial charge in [-0.25, -0.2) is 15.0 Å². The topological polar surface area (TPSA) is 110 Å². The van der Waals surface area contributed by atoms with Crippen LogP contribution in [0.25, 0.3) is 22.0 Å². The summed E-state index contributed by atoms with van der Waals surface area (Å²) in [5.41, 5.74) is 2.21. The second-order valence-corrected chi connectivity index (χ2v) is 7.85. The van der Waals surface area contributed by atoms with Crippen molar-refractivity contribution in [1.29, 1.82) is 0 Å². The summed E-state index contributed by atoms with van der Waals surface area (Å²) in [4.78, 5) is 38.1. The molecule has 3 heterocycles. The first-order valence-corrected chi connectivity index (χ1v) is 10.2. The third-order valence-electron chi connectivity index (χ3n) is 5.46. The number of nitrogens with one attached hydrogen (secondary N) is 1. The number of aromatic nitrogens is 4. The molecule has 0 radical (unpaired) electrons. The minimum atomic E-state index is -0.712. The molecule has 3 aromatic rings. The summed E-state index contributed by atoms with van der Waals surface area (Å²) in [5, 5.41) is 13.7. The number of aryl methyl sites for hydroxylation is 2. The molecule has 0 unspecified atom stereocenters. The summed E-state index contributed by atoms with van der Waals surface area (Å²) in [7, 11) is 1.69. The van der Waals surface area contributed by atoms with E-state index in [1.807, 2.05) is 6.92 Å². The summed E-state index contributed by atoms with van der Waals surface area (Å²) < 4.78 is 1.54. The molecule has 0 bridgehead atoms. The number of nitrogens with zero attached hydrogens (tertiary/aromatic N) is 4. The Hall–Kier alpha value is -3.13. The average Bonchev–Trinajstić information content (AvgIpc) is 3.57. The van der Waals surface area contributed by atoms with Gasteiger partial charge >= 0.3 is 0 Å². The van der Waals surface area contributed by atoms with Gasteiger partial charge in [-0.15, -0.1) is 0 Å². The van der Waals surface area contributed by atoms with E-state index in [-0.39, 0.29) is 17.4 Å². The van der Waals surface area contributed by atoms with E-state index in [0.717, 1.165) is 24.6 Å². The Morgan fingerprint density at radius 1 is 1.27 bits per heavy atom. The van der Waals surface area contributed by atoms with Crippen LogP contribution in [0.5, 0.6) is 0 Å². The molecule has 1 fully saturated rings. The lowest BCUT2D eigenvalue weighted by Crippen LogP contribution is -2.20. The zero-order chi connectivity index (χ0) is 21.4. The highest BCUT2D eigenvalue weighted by Crippen LogP contribution is 2.30. The minimum Gasteiger partial charge on any atom is -0.385 e. The van der Waals surface area contributed by atoms with Gasteiger partial charge in [0.05, 0.1) is 11.1 Å². The molecule has 0 aromatic carbocycles. The van der Waals surface area contributed by atoms with Crippen LogP contribution in [0.15, 0.2) is 29.3 Å².